The molecule has 0 aromatic heterocycles. The molecule has 0 aliphatic heterocycles. The lowest BCUT2D eigenvalue weighted by molar-refractivity contribution is -0.143. The quantitative estimate of drug-likeness (QED) is 0.154. The smallest absolute Gasteiger partial charge is 0.305 e. The minimum atomic E-state index is -0.120. The minimum Gasteiger partial charge on any atom is -0.466 e. The Labute approximate surface area is 196 Å². The Balaban J connectivity index is 2.49. The molecule has 1 fully saturated rings. The van der Waals surface area contributed by atoms with Gasteiger partial charge in [-0.2, -0.15) is 0 Å². The van der Waals surface area contributed by atoms with Crippen molar-refractivity contribution >= 4 is 17.5 Å². The molecule has 0 unspecified atom stereocenters. The lowest BCUT2D eigenvalue weighted by Gasteiger charge is -2.24. The van der Waals surface area contributed by atoms with Gasteiger partial charge in [0.15, 0.2) is 0 Å². The van der Waals surface area contributed by atoms with E-state index in [2.05, 4.69) is 13.8 Å². The van der Waals surface area contributed by atoms with Crippen LogP contribution in [0, 0.1) is 11.8 Å². The van der Waals surface area contributed by atoms with Crippen molar-refractivity contribution in [2.24, 2.45) is 11.8 Å². The van der Waals surface area contributed by atoms with Crippen LogP contribution in [0.1, 0.15) is 124 Å². The number of esters is 1. The predicted octanol–water partition coefficient (Wildman–Crippen LogP) is 6.60. The second-order valence-electron chi connectivity index (χ2n) is 9.35. The molecule has 3 atom stereocenters. The first-order valence-corrected chi connectivity index (χ1v) is 13.3. The standard InChI is InChI=1S/C27H48O5/c1-4-7-11-15-22(28)18-19-24-23(16-12-9-10-13-17-27(30)31-6-3)25(29)21-26(24)32-20-14-8-5-2/h23-24,26H,4-21H2,1-3H3/t23-,24+,26+/m0/s1. The van der Waals surface area contributed by atoms with Gasteiger partial charge in [-0.1, -0.05) is 58.8 Å². The molecule has 0 saturated heterocycles. The average Bonchev–Trinajstić information content (AvgIpc) is 3.06. The molecular weight excluding hydrogens is 404 g/mol. The summed E-state index contributed by atoms with van der Waals surface area (Å²) in [6.07, 6.45) is 14.3. The van der Waals surface area contributed by atoms with Gasteiger partial charge in [0.25, 0.3) is 0 Å². The topological polar surface area (TPSA) is 69.7 Å². The van der Waals surface area contributed by atoms with Crippen molar-refractivity contribution in [1.29, 1.82) is 0 Å². The van der Waals surface area contributed by atoms with Crippen LogP contribution in [0.25, 0.3) is 0 Å². The van der Waals surface area contributed by atoms with Crippen molar-refractivity contribution in [2.75, 3.05) is 13.2 Å². The van der Waals surface area contributed by atoms with Crippen LogP contribution >= 0.6 is 0 Å². The zero-order valence-electron chi connectivity index (χ0n) is 21.0. The predicted molar refractivity (Wildman–Crippen MR) is 129 cm³/mol. The van der Waals surface area contributed by atoms with Gasteiger partial charge in [-0.3, -0.25) is 14.4 Å². The van der Waals surface area contributed by atoms with E-state index in [-0.39, 0.29) is 23.9 Å². The van der Waals surface area contributed by atoms with E-state index in [9.17, 15) is 14.4 Å². The maximum absolute atomic E-state index is 12.8. The number of ketones is 2. The highest BCUT2D eigenvalue weighted by atomic mass is 16.5. The van der Waals surface area contributed by atoms with Crippen LogP contribution in [0.3, 0.4) is 0 Å². The summed E-state index contributed by atoms with van der Waals surface area (Å²) in [5, 5.41) is 0. The van der Waals surface area contributed by atoms with E-state index in [0.717, 1.165) is 77.0 Å². The first-order valence-electron chi connectivity index (χ1n) is 13.3. The Morgan fingerprint density at radius 2 is 1.50 bits per heavy atom. The highest BCUT2D eigenvalue weighted by Crippen LogP contribution is 2.38. The molecule has 0 bridgehead atoms. The van der Waals surface area contributed by atoms with Gasteiger partial charge in [-0.05, 0) is 44.9 Å². The molecule has 0 spiro atoms. The van der Waals surface area contributed by atoms with Gasteiger partial charge in [-0.25, -0.2) is 0 Å². The van der Waals surface area contributed by atoms with Gasteiger partial charge in [0, 0.05) is 38.2 Å². The fourth-order valence-corrected chi connectivity index (χ4v) is 4.78. The summed E-state index contributed by atoms with van der Waals surface area (Å²) in [4.78, 5) is 36.6. The Morgan fingerprint density at radius 3 is 2.22 bits per heavy atom. The number of hydrogen-bond donors (Lipinski definition) is 0. The molecule has 32 heavy (non-hydrogen) atoms. The summed E-state index contributed by atoms with van der Waals surface area (Å²) in [7, 11) is 0. The lowest BCUT2D eigenvalue weighted by Crippen LogP contribution is -2.24. The van der Waals surface area contributed by atoms with Crippen LogP contribution in [0.5, 0.6) is 0 Å². The molecule has 0 heterocycles. The molecule has 1 rings (SSSR count). The van der Waals surface area contributed by atoms with Crippen molar-refractivity contribution in [3.8, 4) is 0 Å². The van der Waals surface area contributed by atoms with Crippen molar-refractivity contribution in [3.05, 3.63) is 0 Å². The number of unbranched alkanes of at least 4 members (excludes halogenated alkanes) is 7. The van der Waals surface area contributed by atoms with Crippen LogP contribution in [0.2, 0.25) is 0 Å². The van der Waals surface area contributed by atoms with E-state index < -0.39 is 0 Å². The number of hydrogen-bond acceptors (Lipinski definition) is 5. The molecule has 0 aromatic carbocycles. The summed E-state index contributed by atoms with van der Waals surface area (Å²) in [5.74, 6) is 0.740. The molecule has 1 saturated carbocycles. The molecular formula is C27H48O5. The Hall–Kier alpha value is -1.23. The monoisotopic (exact) mass is 452 g/mol. The van der Waals surface area contributed by atoms with E-state index in [0.29, 0.717) is 50.5 Å². The zero-order chi connectivity index (χ0) is 23.6. The van der Waals surface area contributed by atoms with Crippen molar-refractivity contribution in [3.63, 3.8) is 0 Å². The van der Waals surface area contributed by atoms with Gasteiger partial charge in [0.05, 0.1) is 12.7 Å². The highest BCUT2D eigenvalue weighted by molar-refractivity contribution is 5.84. The Kier molecular flexibility index (Phi) is 16.4. The molecule has 186 valence electrons. The number of Topliss-reactive ketones (excluding diaryl/α,β-unsaturated/α-hetero) is 2. The maximum Gasteiger partial charge on any atom is 0.305 e. The van der Waals surface area contributed by atoms with Gasteiger partial charge in [0.2, 0.25) is 0 Å². The van der Waals surface area contributed by atoms with Gasteiger partial charge >= 0.3 is 5.97 Å². The maximum atomic E-state index is 12.8. The van der Waals surface area contributed by atoms with E-state index in [4.69, 9.17) is 9.47 Å². The summed E-state index contributed by atoms with van der Waals surface area (Å²) in [5.41, 5.74) is 0. The average molecular weight is 453 g/mol. The molecule has 0 radical (unpaired) electrons. The second kappa shape index (κ2) is 18.2. The zero-order valence-corrected chi connectivity index (χ0v) is 21.0. The largest absolute Gasteiger partial charge is 0.466 e. The molecule has 5 heteroatoms. The van der Waals surface area contributed by atoms with Crippen LogP contribution in [0.15, 0.2) is 0 Å². The number of carbonyl (C=O) groups excluding carboxylic acids is 3. The third-order valence-electron chi connectivity index (χ3n) is 6.66. The molecule has 1 aliphatic rings. The van der Waals surface area contributed by atoms with E-state index in [1.807, 2.05) is 6.92 Å². The van der Waals surface area contributed by atoms with Crippen molar-refractivity contribution in [1.82, 2.24) is 0 Å². The molecule has 1 aliphatic carbocycles. The molecule has 5 nitrogen and oxygen atoms in total. The van der Waals surface area contributed by atoms with Crippen molar-refractivity contribution in [2.45, 2.75) is 130 Å². The SMILES string of the molecule is CCCCCO[C@@H]1CC(=O)[C@@H](CCCCCCC(=O)OCC)[C@H]1CCC(=O)CCCCC. The van der Waals surface area contributed by atoms with Gasteiger partial charge in [0.1, 0.15) is 11.6 Å². The van der Waals surface area contributed by atoms with E-state index >= 15 is 0 Å². The Morgan fingerprint density at radius 1 is 0.812 bits per heavy atom. The van der Waals surface area contributed by atoms with Gasteiger partial charge < -0.3 is 9.47 Å². The molecule has 0 aromatic rings. The third-order valence-corrected chi connectivity index (χ3v) is 6.66. The fourth-order valence-electron chi connectivity index (χ4n) is 4.78. The van der Waals surface area contributed by atoms with Crippen LogP contribution in [-0.4, -0.2) is 36.9 Å². The first kappa shape index (κ1) is 28.8. The van der Waals surface area contributed by atoms with Crippen LogP contribution < -0.4 is 0 Å². The normalized spacial score (nSPS) is 20.6. The number of ether oxygens (including phenoxy) is 2. The lowest BCUT2D eigenvalue weighted by atomic mass is 9.85. The number of rotatable bonds is 20. The summed E-state index contributed by atoms with van der Waals surface area (Å²) in [6.45, 7) is 7.30. The molecule has 0 N–H and O–H groups in total. The Bertz CT molecular complexity index is 530. The second-order valence-corrected chi connectivity index (χ2v) is 9.35. The van der Waals surface area contributed by atoms with E-state index in [1.165, 1.54) is 0 Å². The fraction of sp³-hybridized carbons (Fsp3) is 0.889. The third kappa shape index (κ3) is 12.1. The highest BCUT2D eigenvalue weighted by Gasteiger charge is 2.42. The number of carbonyl (C=O) groups is 3. The summed E-state index contributed by atoms with van der Waals surface area (Å²) < 4.78 is 11.1. The minimum absolute atomic E-state index is 0.0170. The molecule has 0 amide bonds. The van der Waals surface area contributed by atoms with Crippen LogP contribution in [0.4, 0.5) is 0 Å². The summed E-state index contributed by atoms with van der Waals surface area (Å²) >= 11 is 0. The van der Waals surface area contributed by atoms with Crippen LogP contribution in [-0.2, 0) is 23.9 Å². The summed E-state index contributed by atoms with van der Waals surface area (Å²) in [6, 6.07) is 0. The first-order chi connectivity index (χ1) is 15.5. The van der Waals surface area contributed by atoms with E-state index in [1.54, 1.807) is 0 Å². The van der Waals surface area contributed by atoms with Gasteiger partial charge in [-0.15, -0.1) is 0 Å². The van der Waals surface area contributed by atoms with Crippen molar-refractivity contribution < 1.29 is 23.9 Å².